The van der Waals surface area contributed by atoms with E-state index in [1.54, 1.807) is 0 Å². The predicted molar refractivity (Wildman–Crippen MR) is 84.7 cm³/mol. The topological polar surface area (TPSA) is 36.1 Å². The van der Waals surface area contributed by atoms with Gasteiger partial charge in [-0.15, -0.1) is 0 Å². The smallest absolute Gasteiger partial charge is 0.192 e. The average Bonchev–Trinajstić information content (AvgIpc) is 2.51. The largest absolute Gasteiger partial charge is 0.372 e. The van der Waals surface area contributed by atoms with Gasteiger partial charge in [0.2, 0.25) is 0 Å². The van der Waals surface area contributed by atoms with Gasteiger partial charge in [0.05, 0.1) is 0 Å². The van der Waals surface area contributed by atoms with Crippen LogP contribution in [-0.2, 0) is 6.42 Å². The third-order valence-corrected chi connectivity index (χ3v) is 4.40. The second-order valence-corrected chi connectivity index (χ2v) is 5.69. The van der Waals surface area contributed by atoms with Gasteiger partial charge in [0, 0.05) is 40.9 Å². The van der Waals surface area contributed by atoms with Crippen molar-refractivity contribution in [2.24, 2.45) is 0 Å². The van der Waals surface area contributed by atoms with Gasteiger partial charge < -0.3 is 9.88 Å². The van der Waals surface area contributed by atoms with Gasteiger partial charge >= 0.3 is 0 Å². The fraction of sp³-hybridized carbons (Fsp3) is 0.471. The van der Waals surface area contributed by atoms with Gasteiger partial charge in [-0.1, -0.05) is 6.92 Å². The molecule has 0 bridgehead atoms. The molecule has 1 aromatic heterocycles. The number of H-pyrrole nitrogens is 1. The minimum Gasteiger partial charge on any atom is -0.372 e. The molecule has 1 aliphatic heterocycles. The number of aromatic nitrogens is 1. The number of piperidine rings is 1. The van der Waals surface area contributed by atoms with E-state index in [0.717, 1.165) is 41.7 Å². The average molecular weight is 270 g/mol. The lowest BCUT2D eigenvalue weighted by molar-refractivity contribution is 0.578. The molecule has 3 nitrogen and oxygen atoms in total. The number of anilines is 1. The van der Waals surface area contributed by atoms with Gasteiger partial charge in [-0.25, -0.2) is 0 Å². The van der Waals surface area contributed by atoms with E-state index in [4.69, 9.17) is 0 Å². The lowest BCUT2D eigenvalue weighted by Gasteiger charge is -2.29. The maximum absolute atomic E-state index is 12.5. The first kappa shape index (κ1) is 13.2. The lowest BCUT2D eigenvalue weighted by atomic mass is 10.1. The Balaban J connectivity index is 2.11. The summed E-state index contributed by atoms with van der Waals surface area (Å²) in [6, 6.07) is 6.25. The Morgan fingerprint density at radius 2 is 1.95 bits per heavy atom. The monoisotopic (exact) mass is 270 g/mol. The summed E-state index contributed by atoms with van der Waals surface area (Å²) in [5, 5.41) is 0.822. The molecule has 0 spiro atoms. The highest BCUT2D eigenvalue weighted by molar-refractivity contribution is 5.83. The van der Waals surface area contributed by atoms with E-state index in [1.165, 1.54) is 24.9 Å². The lowest BCUT2D eigenvalue weighted by Crippen LogP contribution is -2.29. The van der Waals surface area contributed by atoms with Gasteiger partial charge in [-0.2, -0.15) is 0 Å². The van der Waals surface area contributed by atoms with Crippen LogP contribution in [0.15, 0.2) is 23.0 Å². The fourth-order valence-electron chi connectivity index (χ4n) is 3.13. The molecule has 3 heteroatoms. The molecule has 0 unspecified atom stereocenters. The highest BCUT2D eigenvalue weighted by Crippen LogP contribution is 2.23. The summed E-state index contributed by atoms with van der Waals surface area (Å²) in [6.45, 7) is 6.21. The Hall–Kier alpha value is -1.77. The summed E-state index contributed by atoms with van der Waals surface area (Å²) in [6.07, 6.45) is 4.69. The minimum absolute atomic E-state index is 0.175. The van der Waals surface area contributed by atoms with Crippen LogP contribution >= 0.6 is 0 Å². The molecule has 1 aliphatic rings. The molecular weight excluding hydrogens is 248 g/mol. The van der Waals surface area contributed by atoms with E-state index in [2.05, 4.69) is 35.0 Å². The predicted octanol–water partition coefficient (Wildman–Crippen LogP) is 3.39. The van der Waals surface area contributed by atoms with Crippen LogP contribution in [0.3, 0.4) is 0 Å². The summed E-state index contributed by atoms with van der Waals surface area (Å²) < 4.78 is 0. The molecule has 0 aliphatic carbocycles. The number of hydrogen-bond donors (Lipinski definition) is 1. The second-order valence-electron chi connectivity index (χ2n) is 5.69. The number of aryl methyl sites for hydroxylation is 1. The van der Waals surface area contributed by atoms with E-state index < -0.39 is 0 Å². The van der Waals surface area contributed by atoms with Crippen LogP contribution in [-0.4, -0.2) is 18.1 Å². The van der Waals surface area contributed by atoms with Crippen molar-refractivity contribution in [3.05, 3.63) is 39.7 Å². The molecule has 1 N–H and O–H groups in total. The van der Waals surface area contributed by atoms with Crippen molar-refractivity contribution in [1.29, 1.82) is 0 Å². The minimum atomic E-state index is 0.175. The molecule has 2 heterocycles. The quantitative estimate of drug-likeness (QED) is 0.908. The molecular formula is C17H22N2O. The number of nitrogens with one attached hydrogen (secondary N) is 1. The van der Waals surface area contributed by atoms with Crippen LogP contribution < -0.4 is 10.3 Å². The van der Waals surface area contributed by atoms with Gasteiger partial charge in [-0.05, 0) is 50.8 Å². The molecule has 1 saturated heterocycles. The van der Waals surface area contributed by atoms with Crippen molar-refractivity contribution >= 4 is 16.6 Å². The standard InChI is InChI=1S/C17H22N2O/c1-3-15-12(2)17(20)14-11-13(7-8-16(14)18-15)19-9-5-4-6-10-19/h7-8,11H,3-6,9-10H2,1-2H3,(H,18,20). The van der Waals surface area contributed by atoms with Crippen molar-refractivity contribution in [2.45, 2.75) is 39.5 Å². The zero-order valence-electron chi connectivity index (χ0n) is 12.3. The molecule has 0 saturated carbocycles. The van der Waals surface area contributed by atoms with Crippen molar-refractivity contribution in [3.8, 4) is 0 Å². The van der Waals surface area contributed by atoms with Crippen molar-refractivity contribution in [1.82, 2.24) is 4.98 Å². The highest BCUT2D eigenvalue weighted by Gasteiger charge is 2.13. The first-order valence-electron chi connectivity index (χ1n) is 7.61. The Kier molecular flexibility index (Phi) is 3.51. The molecule has 2 aromatic rings. The first-order valence-corrected chi connectivity index (χ1v) is 7.61. The molecule has 0 radical (unpaired) electrons. The number of pyridine rings is 1. The summed E-state index contributed by atoms with van der Waals surface area (Å²) in [4.78, 5) is 18.3. The van der Waals surface area contributed by atoms with Crippen LogP contribution in [0.1, 0.15) is 37.4 Å². The third kappa shape index (κ3) is 2.21. The molecule has 1 aromatic carbocycles. The third-order valence-electron chi connectivity index (χ3n) is 4.40. The fourth-order valence-corrected chi connectivity index (χ4v) is 3.13. The van der Waals surface area contributed by atoms with E-state index in [0.29, 0.717) is 0 Å². The van der Waals surface area contributed by atoms with E-state index in [9.17, 15) is 4.79 Å². The molecule has 20 heavy (non-hydrogen) atoms. The Morgan fingerprint density at radius 1 is 1.20 bits per heavy atom. The summed E-state index contributed by atoms with van der Waals surface area (Å²) in [5.74, 6) is 0. The van der Waals surface area contributed by atoms with Crippen molar-refractivity contribution in [2.75, 3.05) is 18.0 Å². The number of rotatable bonds is 2. The highest BCUT2D eigenvalue weighted by atomic mass is 16.1. The number of fused-ring (bicyclic) bond motifs is 1. The zero-order chi connectivity index (χ0) is 14.1. The molecule has 0 amide bonds. The number of aromatic amines is 1. The van der Waals surface area contributed by atoms with Crippen LogP contribution in [0.5, 0.6) is 0 Å². The van der Waals surface area contributed by atoms with Gasteiger partial charge in [0.1, 0.15) is 0 Å². The first-order chi connectivity index (χ1) is 9.70. The van der Waals surface area contributed by atoms with Crippen LogP contribution in [0.2, 0.25) is 0 Å². The number of nitrogens with zero attached hydrogens (tertiary/aromatic N) is 1. The number of hydrogen-bond acceptors (Lipinski definition) is 2. The van der Waals surface area contributed by atoms with Crippen LogP contribution in [0.25, 0.3) is 10.9 Å². The maximum atomic E-state index is 12.5. The summed E-state index contributed by atoms with van der Waals surface area (Å²) >= 11 is 0. The van der Waals surface area contributed by atoms with Gasteiger partial charge in [0.15, 0.2) is 5.43 Å². The SMILES string of the molecule is CCc1[nH]c2ccc(N3CCCCC3)cc2c(=O)c1C. The molecule has 106 valence electrons. The van der Waals surface area contributed by atoms with E-state index >= 15 is 0 Å². The van der Waals surface area contributed by atoms with E-state index in [-0.39, 0.29) is 5.43 Å². The summed E-state index contributed by atoms with van der Waals surface area (Å²) in [5.41, 5.74) is 4.23. The van der Waals surface area contributed by atoms with E-state index in [1.807, 2.05) is 6.92 Å². The Labute approximate surface area is 119 Å². The molecule has 1 fully saturated rings. The van der Waals surface area contributed by atoms with Gasteiger partial charge in [0.25, 0.3) is 0 Å². The molecule has 3 rings (SSSR count). The summed E-state index contributed by atoms with van der Waals surface area (Å²) in [7, 11) is 0. The van der Waals surface area contributed by atoms with Crippen molar-refractivity contribution < 1.29 is 0 Å². The zero-order valence-corrected chi connectivity index (χ0v) is 12.3. The Morgan fingerprint density at radius 3 is 2.65 bits per heavy atom. The number of benzene rings is 1. The second kappa shape index (κ2) is 5.31. The normalized spacial score (nSPS) is 15.8. The van der Waals surface area contributed by atoms with Crippen molar-refractivity contribution in [3.63, 3.8) is 0 Å². The van der Waals surface area contributed by atoms with Gasteiger partial charge in [-0.3, -0.25) is 4.79 Å². The van der Waals surface area contributed by atoms with Crippen LogP contribution in [0.4, 0.5) is 5.69 Å². The Bertz CT molecular complexity index is 681. The maximum Gasteiger partial charge on any atom is 0.192 e. The molecule has 0 atom stereocenters. The van der Waals surface area contributed by atoms with Crippen LogP contribution in [0, 0.1) is 6.92 Å².